The van der Waals surface area contributed by atoms with E-state index in [1.807, 2.05) is 91.1 Å². The summed E-state index contributed by atoms with van der Waals surface area (Å²) in [7, 11) is 0. The van der Waals surface area contributed by atoms with Crippen molar-refractivity contribution in [1.29, 1.82) is 0 Å². The van der Waals surface area contributed by atoms with Crippen LogP contribution in [0.15, 0.2) is 103 Å². The number of thiocarbonyl (C=S) groups is 1. The first kappa shape index (κ1) is 24.3. The van der Waals surface area contributed by atoms with E-state index in [2.05, 4.69) is 5.32 Å². The van der Waals surface area contributed by atoms with Gasteiger partial charge in [-0.25, -0.2) is 4.68 Å². The highest BCUT2D eigenvalue weighted by molar-refractivity contribution is 7.80. The Hall–Kier alpha value is -3.35. The largest absolute Gasteiger partial charge is 0.457 e. The molecule has 0 amide bonds. The Kier molecular flexibility index (Phi) is 7.25. The Bertz CT molecular complexity index is 1440. The van der Waals surface area contributed by atoms with Crippen molar-refractivity contribution in [1.82, 2.24) is 9.78 Å². The van der Waals surface area contributed by atoms with Crippen LogP contribution in [0, 0.1) is 0 Å². The number of nitrogens with one attached hydrogen (secondary N) is 1. The molecule has 1 aromatic heterocycles. The van der Waals surface area contributed by atoms with Crippen LogP contribution in [-0.4, -0.2) is 14.9 Å². The van der Waals surface area contributed by atoms with Gasteiger partial charge in [-0.2, -0.15) is 5.10 Å². The van der Waals surface area contributed by atoms with Gasteiger partial charge in [-0.15, -0.1) is 0 Å². The van der Waals surface area contributed by atoms with Gasteiger partial charge in [0, 0.05) is 38.1 Å². The Labute approximate surface area is 229 Å². The van der Waals surface area contributed by atoms with E-state index in [0.29, 0.717) is 31.7 Å². The standard InChI is InChI=1S/C28H18Cl3N3OS/c29-20-5-1-18(2-6-20)26-17-34(33-27(26)19-3-7-21(30)8-4-19)28(36)32-23-11-15-25(16-12-23)35-24-13-9-22(31)10-14-24/h1-17H,(H,32,36). The molecule has 5 aromatic rings. The van der Waals surface area contributed by atoms with Gasteiger partial charge in [0.2, 0.25) is 0 Å². The quantitative estimate of drug-likeness (QED) is 0.221. The minimum atomic E-state index is 0.428. The summed E-state index contributed by atoms with van der Waals surface area (Å²) in [6.07, 6.45) is 1.90. The maximum absolute atomic E-state index is 6.10. The normalized spacial score (nSPS) is 10.8. The van der Waals surface area contributed by atoms with Crippen LogP contribution < -0.4 is 10.1 Å². The van der Waals surface area contributed by atoms with Crippen molar-refractivity contribution in [3.05, 3.63) is 118 Å². The molecule has 0 bridgehead atoms. The monoisotopic (exact) mass is 549 g/mol. The number of halogens is 3. The summed E-state index contributed by atoms with van der Waals surface area (Å²) in [6.45, 7) is 0. The maximum atomic E-state index is 6.10. The molecule has 4 nitrogen and oxygen atoms in total. The highest BCUT2D eigenvalue weighted by Gasteiger charge is 2.15. The van der Waals surface area contributed by atoms with Gasteiger partial charge in [0.05, 0.1) is 0 Å². The van der Waals surface area contributed by atoms with Crippen molar-refractivity contribution >= 4 is 57.8 Å². The number of nitrogens with zero attached hydrogens (tertiary/aromatic N) is 2. The first-order valence-corrected chi connectivity index (χ1v) is 12.5. The first-order valence-electron chi connectivity index (χ1n) is 10.9. The second-order valence-corrected chi connectivity index (χ2v) is 9.56. The molecule has 1 heterocycles. The van der Waals surface area contributed by atoms with Gasteiger partial charge in [0.15, 0.2) is 5.11 Å². The second-order valence-electron chi connectivity index (χ2n) is 7.86. The molecular formula is C28H18Cl3N3OS. The Morgan fingerprint density at radius 3 is 1.69 bits per heavy atom. The van der Waals surface area contributed by atoms with Crippen molar-refractivity contribution < 1.29 is 4.74 Å². The number of anilines is 1. The summed E-state index contributed by atoms with van der Waals surface area (Å²) in [6, 6.07) is 29.9. The average Bonchev–Trinajstić information content (AvgIpc) is 3.33. The summed E-state index contributed by atoms with van der Waals surface area (Å²) in [5, 5.41) is 10.4. The molecule has 0 atom stereocenters. The molecule has 0 spiro atoms. The molecule has 0 fully saturated rings. The molecule has 0 aliphatic rings. The average molecular weight is 551 g/mol. The van der Waals surface area contributed by atoms with Crippen LogP contribution >= 0.6 is 47.0 Å². The molecule has 0 aliphatic carbocycles. The SMILES string of the molecule is S=C(Nc1ccc(Oc2ccc(Cl)cc2)cc1)n1cc(-c2ccc(Cl)cc2)c(-c2ccc(Cl)cc2)n1. The fourth-order valence-corrected chi connectivity index (χ4v) is 4.15. The third kappa shape index (κ3) is 5.72. The van der Waals surface area contributed by atoms with Gasteiger partial charge >= 0.3 is 0 Å². The van der Waals surface area contributed by atoms with Crippen LogP contribution in [0.3, 0.4) is 0 Å². The smallest absolute Gasteiger partial charge is 0.198 e. The molecule has 5 rings (SSSR count). The van der Waals surface area contributed by atoms with E-state index < -0.39 is 0 Å². The zero-order valence-electron chi connectivity index (χ0n) is 18.7. The zero-order chi connectivity index (χ0) is 25.1. The molecule has 0 radical (unpaired) electrons. The minimum absolute atomic E-state index is 0.428. The van der Waals surface area contributed by atoms with Crippen molar-refractivity contribution in [3.63, 3.8) is 0 Å². The van der Waals surface area contributed by atoms with E-state index in [1.54, 1.807) is 16.8 Å². The molecule has 8 heteroatoms. The molecule has 0 saturated heterocycles. The van der Waals surface area contributed by atoms with Crippen LogP contribution in [-0.2, 0) is 0 Å². The van der Waals surface area contributed by atoms with E-state index in [4.69, 9.17) is 56.9 Å². The molecular weight excluding hydrogens is 533 g/mol. The lowest BCUT2D eigenvalue weighted by Gasteiger charge is -2.10. The molecule has 1 N–H and O–H groups in total. The summed E-state index contributed by atoms with van der Waals surface area (Å²) in [4.78, 5) is 0. The molecule has 178 valence electrons. The van der Waals surface area contributed by atoms with Crippen molar-refractivity contribution in [2.45, 2.75) is 0 Å². The predicted molar refractivity (Wildman–Crippen MR) is 153 cm³/mol. The van der Waals surface area contributed by atoms with Crippen LogP contribution in [0.1, 0.15) is 0 Å². The van der Waals surface area contributed by atoms with Crippen LogP contribution in [0.25, 0.3) is 22.4 Å². The summed E-state index contributed by atoms with van der Waals surface area (Å²) in [5.74, 6) is 1.40. The van der Waals surface area contributed by atoms with Gasteiger partial charge in [0.1, 0.15) is 17.2 Å². The van der Waals surface area contributed by atoms with Gasteiger partial charge in [-0.3, -0.25) is 0 Å². The summed E-state index contributed by atoms with van der Waals surface area (Å²) in [5.41, 5.74) is 4.41. The summed E-state index contributed by atoms with van der Waals surface area (Å²) >= 11 is 23.8. The summed E-state index contributed by atoms with van der Waals surface area (Å²) < 4.78 is 7.51. The van der Waals surface area contributed by atoms with Crippen LogP contribution in [0.5, 0.6) is 11.5 Å². The Morgan fingerprint density at radius 1 is 0.667 bits per heavy atom. The van der Waals surface area contributed by atoms with Gasteiger partial charge in [0.25, 0.3) is 0 Å². The number of aromatic nitrogens is 2. The first-order chi connectivity index (χ1) is 17.4. The topological polar surface area (TPSA) is 39.1 Å². The number of benzene rings is 4. The maximum Gasteiger partial charge on any atom is 0.198 e. The molecule has 36 heavy (non-hydrogen) atoms. The van der Waals surface area contributed by atoms with Gasteiger partial charge in [-0.1, -0.05) is 59.1 Å². The van der Waals surface area contributed by atoms with E-state index in [0.717, 1.165) is 28.1 Å². The highest BCUT2D eigenvalue weighted by Crippen LogP contribution is 2.32. The van der Waals surface area contributed by atoms with Crippen LogP contribution in [0.4, 0.5) is 5.69 Å². The zero-order valence-corrected chi connectivity index (χ0v) is 21.7. The third-order valence-electron chi connectivity index (χ3n) is 5.35. The van der Waals surface area contributed by atoms with Gasteiger partial charge in [-0.05, 0) is 90.6 Å². The Morgan fingerprint density at radius 2 is 1.14 bits per heavy atom. The fourth-order valence-electron chi connectivity index (χ4n) is 3.57. The van der Waals surface area contributed by atoms with E-state index in [9.17, 15) is 0 Å². The van der Waals surface area contributed by atoms with Crippen molar-refractivity contribution in [2.24, 2.45) is 0 Å². The molecule has 4 aromatic carbocycles. The molecule has 0 aliphatic heterocycles. The number of ether oxygens (including phenoxy) is 1. The predicted octanol–water partition coefficient (Wildman–Crippen LogP) is 9.21. The second kappa shape index (κ2) is 10.7. The molecule has 0 saturated carbocycles. The van der Waals surface area contributed by atoms with Gasteiger partial charge < -0.3 is 10.1 Å². The van der Waals surface area contributed by atoms with Crippen LogP contribution in [0.2, 0.25) is 15.1 Å². The lowest BCUT2D eigenvalue weighted by atomic mass is 10.0. The van der Waals surface area contributed by atoms with E-state index >= 15 is 0 Å². The lowest BCUT2D eigenvalue weighted by molar-refractivity contribution is 0.483. The third-order valence-corrected chi connectivity index (χ3v) is 6.40. The van der Waals surface area contributed by atoms with Crippen molar-refractivity contribution in [3.8, 4) is 33.9 Å². The number of rotatable bonds is 5. The molecule has 0 unspecified atom stereocenters. The Balaban J connectivity index is 1.38. The van der Waals surface area contributed by atoms with E-state index in [-0.39, 0.29) is 0 Å². The van der Waals surface area contributed by atoms with Crippen molar-refractivity contribution in [2.75, 3.05) is 5.32 Å². The lowest BCUT2D eigenvalue weighted by Crippen LogP contribution is -2.19. The minimum Gasteiger partial charge on any atom is -0.457 e. The number of hydrogen-bond acceptors (Lipinski definition) is 3. The highest BCUT2D eigenvalue weighted by atomic mass is 35.5. The number of hydrogen-bond donors (Lipinski definition) is 1. The van der Waals surface area contributed by atoms with E-state index in [1.165, 1.54) is 0 Å². The fraction of sp³-hybridized carbons (Fsp3) is 0.